The number of fused-ring (bicyclic) bond motifs is 13. The van der Waals surface area contributed by atoms with Crippen LogP contribution < -0.4 is 0 Å². The molecule has 2 heterocycles. The summed E-state index contributed by atoms with van der Waals surface area (Å²) in [7, 11) is 0. The molecule has 0 saturated carbocycles. The third-order valence-electron chi connectivity index (χ3n) is 8.15. The van der Waals surface area contributed by atoms with Crippen LogP contribution >= 0.6 is 11.3 Å². The van der Waals surface area contributed by atoms with Crippen molar-refractivity contribution in [3.8, 4) is 5.69 Å². The van der Waals surface area contributed by atoms with Crippen LogP contribution in [0.25, 0.3) is 80.0 Å². The van der Waals surface area contributed by atoms with Crippen molar-refractivity contribution in [1.29, 1.82) is 0 Å². The van der Waals surface area contributed by atoms with E-state index in [2.05, 4.69) is 132 Å². The van der Waals surface area contributed by atoms with Crippen molar-refractivity contribution in [3.63, 3.8) is 0 Å². The first-order valence-electron chi connectivity index (χ1n) is 13.0. The lowest BCUT2D eigenvalue weighted by Gasteiger charge is -2.14. The quantitative estimate of drug-likeness (QED) is 0.198. The molecule has 0 aliphatic carbocycles. The Balaban J connectivity index is 1.59. The monoisotopic (exact) mass is 499 g/mol. The summed E-state index contributed by atoms with van der Waals surface area (Å²) in [5, 5.41) is 13.1. The van der Waals surface area contributed by atoms with E-state index >= 15 is 0 Å². The molecule has 0 fully saturated rings. The summed E-state index contributed by atoms with van der Waals surface area (Å²) in [5.41, 5.74) is 3.79. The second-order valence-electron chi connectivity index (χ2n) is 10.1. The molecule has 0 bridgehead atoms. The lowest BCUT2D eigenvalue weighted by Crippen LogP contribution is -1.95. The Morgan fingerprint density at radius 1 is 0.421 bits per heavy atom. The molecule has 0 saturated heterocycles. The summed E-state index contributed by atoms with van der Waals surface area (Å²) in [6, 6.07) is 46.8. The highest BCUT2D eigenvalue weighted by Gasteiger charge is 2.21. The first-order valence-corrected chi connectivity index (χ1v) is 13.9. The predicted molar refractivity (Wildman–Crippen MR) is 166 cm³/mol. The van der Waals surface area contributed by atoms with E-state index in [4.69, 9.17) is 0 Å². The molecule has 1 nitrogen and oxygen atoms in total. The van der Waals surface area contributed by atoms with Crippen LogP contribution in [0.5, 0.6) is 0 Å². The lowest BCUT2D eigenvalue weighted by atomic mass is 9.93. The van der Waals surface area contributed by atoms with E-state index in [1.54, 1.807) is 0 Å². The molecule has 2 aromatic heterocycles. The minimum absolute atomic E-state index is 1.25. The highest BCUT2D eigenvalue weighted by Crippen LogP contribution is 2.46. The maximum Gasteiger partial charge on any atom is 0.0641 e. The Bertz CT molecular complexity index is 2400. The van der Waals surface area contributed by atoms with Gasteiger partial charge < -0.3 is 4.57 Å². The van der Waals surface area contributed by atoms with Crippen molar-refractivity contribution in [3.05, 3.63) is 127 Å². The van der Waals surface area contributed by atoms with Crippen LogP contribution in [-0.4, -0.2) is 4.57 Å². The molecule has 0 unspecified atom stereocenters. The second-order valence-corrected chi connectivity index (χ2v) is 11.1. The van der Waals surface area contributed by atoms with E-state index in [1.807, 2.05) is 11.3 Å². The van der Waals surface area contributed by atoms with E-state index < -0.39 is 0 Å². The Hall–Kier alpha value is -4.66. The van der Waals surface area contributed by atoms with Gasteiger partial charge in [0, 0.05) is 31.6 Å². The number of aromatic nitrogens is 1. The molecule has 0 radical (unpaired) electrons. The van der Waals surface area contributed by atoms with Gasteiger partial charge in [0.1, 0.15) is 0 Å². The van der Waals surface area contributed by atoms with Gasteiger partial charge in [-0.3, -0.25) is 0 Å². The van der Waals surface area contributed by atoms with E-state index in [0.717, 1.165) is 0 Å². The van der Waals surface area contributed by atoms with Crippen LogP contribution in [0.2, 0.25) is 0 Å². The first kappa shape index (κ1) is 20.4. The minimum Gasteiger partial charge on any atom is -0.307 e. The molecule has 2 heteroatoms. The summed E-state index contributed by atoms with van der Waals surface area (Å²) < 4.78 is 5.19. The van der Waals surface area contributed by atoms with E-state index in [9.17, 15) is 0 Å². The van der Waals surface area contributed by atoms with Crippen molar-refractivity contribution in [2.24, 2.45) is 0 Å². The van der Waals surface area contributed by atoms with Gasteiger partial charge in [0.15, 0.2) is 0 Å². The molecule has 0 spiro atoms. The van der Waals surface area contributed by atoms with Gasteiger partial charge >= 0.3 is 0 Å². The third kappa shape index (κ3) is 2.55. The van der Waals surface area contributed by atoms with Gasteiger partial charge in [0.2, 0.25) is 0 Å². The van der Waals surface area contributed by atoms with Gasteiger partial charge in [0.05, 0.1) is 21.4 Å². The van der Waals surface area contributed by atoms with E-state index in [1.165, 1.54) is 80.0 Å². The molecule has 0 atom stereocenters. The average Bonchev–Trinajstić information content (AvgIpc) is 3.53. The van der Waals surface area contributed by atoms with E-state index in [0.29, 0.717) is 0 Å². The summed E-state index contributed by atoms with van der Waals surface area (Å²) in [5.74, 6) is 0. The van der Waals surface area contributed by atoms with Crippen LogP contribution in [-0.2, 0) is 0 Å². The zero-order valence-corrected chi connectivity index (χ0v) is 21.3. The van der Waals surface area contributed by atoms with Crippen molar-refractivity contribution < 1.29 is 0 Å². The Morgan fingerprint density at radius 3 is 2.00 bits per heavy atom. The normalized spacial score (nSPS) is 12.2. The summed E-state index contributed by atoms with van der Waals surface area (Å²) in [6.45, 7) is 0. The number of thiophene rings is 1. The molecular weight excluding hydrogens is 478 g/mol. The number of hydrogen-bond acceptors (Lipinski definition) is 1. The van der Waals surface area contributed by atoms with Crippen LogP contribution in [0.4, 0.5) is 0 Å². The van der Waals surface area contributed by atoms with Crippen molar-refractivity contribution in [2.75, 3.05) is 0 Å². The number of rotatable bonds is 1. The number of nitrogens with zero attached hydrogens (tertiary/aromatic N) is 1. The fourth-order valence-electron chi connectivity index (χ4n) is 6.60. The largest absolute Gasteiger partial charge is 0.307 e. The number of hydrogen-bond donors (Lipinski definition) is 0. The van der Waals surface area contributed by atoms with Gasteiger partial charge in [-0.1, -0.05) is 109 Å². The number of benzene rings is 7. The zero-order chi connectivity index (χ0) is 24.8. The lowest BCUT2D eigenvalue weighted by molar-refractivity contribution is 1.21. The Morgan fingerprint density at radius 2 is 1.11 bits per heavy atom. The third-order valence-corrected chi connectivity index (χ3v) is 9.36. The molecule has 0 aliphatic heterocycles. The zero-order valence-electron chi connectivity index (χ0n) is 20.5. The molecule has 9 aromatic rings. The van der Waals surface area contributed by atoms with Crippen molar-refractivity contribution in [1.82, 2.24) is 4.57 Å². The Kier molecular flexibility index (Phi) is 3.99. The highest BCUT2D eigenvalue weighted by molar-refractivity contribution is 7.26. The maximum atomic E-state index is 2.53. The average molecular weight is 500 g/mol. The standard InChI is InChI=1S/C36H21NS/c1-2-11-23-22(10-1)20-21-29-33(23)25-13-3-4-14-26(25)35-34(29)28-15-5-7-17-30(28)37(35)31-18-9-16-27-24-12-6-8-19-32(24)38-36(27)31/h1-21H. The minimum atomic E-state index is 1.25. The molecular formula is C36H21NS. The van der Waals surface area contributed by atoms with Crippen LogP contribution in [0, 0.1) is 0 Å². The SMILES string of the molecule is c1ccc2c(c1)ccc1c2c2ccccc2c2c1c1ccccc1n2-c1cccc2c1sc1ccccc12. The summed E-state index contributed by atoms with van der Waals surface area (Å²) in [6.07, 6.45) is 0. The van der Waals surface area contributed by atoms with Gasteiger partial charge in [-0.15, -0.1) is 11.3 Å². The molecule has 38 heavy (non-hydrogen) atoms. The highest BCUT2D eigenvalue weighted by atomic mass is 32.1. The Labute approximate surface area is 222 Å². The van der Waals surface area contributed by atoms with Crippen molar-refractivity contribution in [2.45, 2.75) is 0 Å². The van der Waals surface area contributed by atoms with Gasteiger partial charge in [-0.05, 0) is 45.1 Å². The molecule has 0 N–H and O–H groups in total. The number of para-hydroxylation sites is 1. The molecule has 9 rings (SSSR count). The fourth-order valence-corrected chi connectivity index (χ4v) is 7.81. The second kappa shape index (κ2) is 7.44. The van der Waals surface area contributed by atoms with Crippen LogP contribution in [0.1, 0.15) is 0 Å². The van der Waals surface area contributed by atoms with Gasteiger partial charge in [0.25, 0.3) is 0 Å². The van der Waals surface area contributed by atoms with Crippen LogP contribution in [0.3, 0.4) is 0 Å². The van der Waals surface area contributed by atoms with Crippen molar-refractivity contribution >= 4 is 85.6 Å². The maximum absolute atomic E-state index is 2.53. The topological polar surface area (TPSA) is 4.93 Å². The van der Waals surface area contributed by atoms with Gasteiger partial charge in [-0.2, -0.15) is 0 Å². The molecule has 176 valence electrons. The first-order chi connectivity index (χ1) is 18.9. The smallest absolute Gasteiger partial charge is 0.0641 e. The summed E-state index contributed by atoms with van der Waals surface area (Å²) in [4.78, 5) is 0. The molecule has 0 amide bonds. The van der Waals surface area contributed by atoms with Gasteiger partial charge in [-0.25, -0.2) is 0 Å². The fraction of sp³-hybridized carbons (Fsp3) is 0. The summed E-state index contributed by atoms with van der Waals surface area (Å²) >= 11 is 1.89. The molecule has 7 aromatic carbocycles. The van der Waals surface area contributed by atoms with Crippen LogP contribution in [0.15, 0.2) is 127 Å². The predicted octanol–water partition coefficient (Wildman–Crippen LogP) is 10.6. The molecule has 0 aliphatic rings. The van der Waals surface area contributed by atoms with E-state index in [-0.39, 0.29) is 0 Å².